The standard InChI is InChI=1S/C14H11BrClFN2S/c1-8-2-3-20-13(8)7-19-12-4-9(15)10(17)5-11(12)18-14(19)6-16/h2-5H,6-7H2,1H3. The van der Waals surface area contributed by atoms with Crippen LogP contribution in [0.25, 0.3) is 11.0 Å². The van der Waals surface area contributed by atoms with Crippen LogP contribution in [0.2, 0.25) is 0 Å². The first-order valence-corrected chi connectivity index (χ1v) is 8.24. The maximum Gasteiger partial charge on any atom is 0.139 e. The Morgan fingerprint density at radius 3 is 2.90 bits per heavy atom. The fraction of sp³-hybridized carbons (Fsp3) is 0.214. The maximum atomic E-state index is 13.6. The molecule has 2 nitrogen and oxygen atoms in total. The highest BCUT2D eigenvalue weighted by Gasteiger charge is 2.14. The third kappa shape index (κ3) is 2.38. The monoisotopic (exact) mass is 372 g/mol. The van der Waals surface area contributed by atoms with Crippen molar-refractivity contribution in [1.29, 1.82) is 0 Å². The molecular weight excluding hydrogens is 363 g/mol. The smallest absolute Gasteiger partial charge is 0.139 e. The zero-order valence-electron chi connectivity index (χ0n) is 10.7. The molecule has 0 unspecified atom stereocenters. The number of thiophene rings is 1. The number of aromatic nitrogens is 2. The molecule has 0 aliphatic rings. The van der Waals surface area contributed by atoms with Crippen molar-refractivity contribution in [2.75, 3.05) is 0 Å². The van der Waals surface area contributed by atoms with Crippen LogP contribution in [-0.2, 0) is 12.4 Å². The number of imidazole rings is 1. The number of benzene rings is 1. The Morgan fingerprint density at radius 2 is 2.25 bits per heavy atom. The number of halogens is 3. The van der Waals surface area contributed by atoms with Gasteiger partial charge in [-0.2, -0.15) is 0 Å². The van der Waals surface area contributed by atoms with Crippen LogP contribution in [-0.4, -0.2) is 9.55 Å². The number of rotatable bonds is 3. The second-order valence-corrected chi connectivity index (χ2v) is 6.65. The fourth-order valence-electron chi connectivity index (χ4n) is 2.16. The minimum absolute atomic E-state index is 0.304. The first-order chi connectivity index (χ1) is 9.60. The Morgan fingerprint density at radius 1 is 1.45 bits per heavy atom. The highest BCUT2D eigenvalue weighted by Crippen LogP contribution is 2.27. The summed E-state index contributed by atoms with van der Waals surface area (Å²) in [4.78, 5) is 5.68. The summed E-state index contributed by atoms with van der Waals surface area (Å²) in [6.07, 6.45) is 0. The van der Waals surface area contributed by atoms with E-state index in [9.17, 15) is 4.39 Å². The third-order valence-corrected chi connectivity index (χ3v) is 5.11. The van der Waals surface area contributed by atoms with Crippen molar-refractivity contribution in [1.82, 2.24) is 9.55 Å². The Labute approximate surface area is 133 Å². The van der Waals surface area contributed by atoms with Crippen molar-refractivity contribution in [2.24, 2.45) is 0 Å². The molecule has 0 saturated carbocycles. The minimum atomic E-state index is -0.310. The summed E-state index contributed by atoms with van der Waals surface area (Å²) in [6.45, 7) is 2.79. The van der Waals surface area contributed by atoms with E-state index < -0.39 is 0 Å². The van der Waals surface area contributed by atoms with E-state index in [-0.39, 0.29) is 5.82 Å². The van der Waals surface area contributed by atoms with Gasteiger partial charge in [-0.25, -0.2) is 9.37 Å². The van der Waals surface area contributed by atoms with Gasteiger partial charge in [-0.05, 0) is 45.9 Å². The molecule has 3 rings (SSSR count). The molecule has 0 atom stereocenters. The summed E-state index contributed by atoms with van der Waals surface area (Å²) in [5.74, 6) is 0.751. The lowest BCUT2D eigenvalue weighted by atomic mass is 10.2. The molecule has 0 saturated heterocycles. The van der Waals surface area contributed by atoms with E-state index in [1.165, 1.54) is 16.5 Å². The second-order valence-electron chi connectivity index (χ2n) is 4.53. The largest absolute Gasteiger partial charge is 0.322 e. The zero-order chi connectivity index (χ0) is 14.3. The molecule has 0 bridgehead atoms. The first-order valence-electron chi connectivity index (χ1n) is 6.03. The van der Waals surface area contributed by atoms with Crippen LogP contribution in [0.3, 0.4) is 0 Å². The fourth-order valence-corrected chi connectivity index (χ4v) is 3.59. The predicted octanol–water partition coefficient (Wildman–Crippen LogP) is 5.09. The van der Waals surface area contributed by atoms with Gasteiger partial charge in [0.2, 0.25) is 0 Å². The van der Waals surface area contributed by atoms with Gasteiger partial charge in [-0.1, -0.05) is 0 Å². The van der Waals surface area contributed by atoms with Crippen molar-refractivity contribution in [3.05, 3.63) is 50.1 Å². The molecular formula is C14H11BrClFN2S. The van der Waals surface area contributed by atoms with Crippen LogP contribution in [0.5, 0.6) is 0 Å². The highest BCUT2D eigenvalue weighted by molar-refractivity contribution is 9.10. The molecule has 0 fully saturated rings. The Kier molecular flexibility index (Phi) is 3.84. The number of nitrogens with zero attached hydrogens (tertiary/aromatic N) is 2. The van der Waals surface area contributed by atoms with E-state index >= 15 is 0 Å². The molecule has 6 heteroatoms. The van der Waals surface area contributed by atoms with E-state index in [4.69, 9.17) is 11.6 Å². The quantitative estimate of drug-likeness (QED) is 0.584. The van der Waals surface area contributed by atoms with E-state index in [1.807, 2.05) is 4.57 Å². The summed E-state index contributed by atoms with van der Waals surface area (Å²) in [5, 5.41) is 2.07. The maximum absolute atomic E-state index is 13.6. The SMILES string of the molecule is Cc1ccsc1Cn1c(CCl)nc2cc(F)c(Br)cc21. The predicted molar refractivity (Wildman–Crippen MR) is 85.1 cm³/mol. The van der Waals surface area contributed by atoms with Gasteiger partial charge >= 0.3 is 0 Å². The van der Waals surface area contributed by atoms with Crippen LogP contribution in [0.15, 0.2) is 28.1 Å². The van der Waals surface area contributed by atoms with Gasteiger partial charge in [0, 0.05) is 10.9 Å². The molecule has 2 aromatic heterocycles. The average molecular weight is 374 g/mol. The van der Waals surface area contributed by atoms with Crippen LogP contribution in [0.4, 0.5) is 4.39 Å². The highest BCUT2D eigenvalue weighted by atomic mass is 79.9. The van der Waals surface area contributed by atoms with E-state index in [0.717, 1.165) is 11.3 Å². The van der Waals surface area contributed by atoms with Crippen molar-refractivity contribution in [3.8, 4) is 0 Å². The van der Waals surface area contributed by atoms with Gasteiger partial charge in [-0.15, -0.1) is 22.9 Å². The van der Waals surface area contributed by atoms with Gasteiger partial charge in [0.25, 0.3) is 0 Å². The summed E-state index contributed by atoms with van der Waals surface area (Å²) in [7, 11) is 0. The molecule has 104 valence electrons. The van der Waals surface area contributed by atoms with Crippen LogP contribution in [0, 0.1) is 12.7 Å². The van der Waals surface area contributed by atoms with Crippen molar-refractivity contribution >= 4 is 49.9 Å². The number of hydrogen-bond acceptors (Lipinski definition) is 2. The van der Waals surface area contributed by atoms with Gasteiger partial charge in [0.1, 0.15) is 11.6 Å². The molecule has 0 aliphatic carbocycles. The van der Waals surface area contributed by atoms with Crippen LogP contribution in [0.1, 0.15) is 16.3 Å². The zero-order valence-corrected chi connectivity index (χ0v) is 13.8. The van der Waals surface area contributed by atoms with Gasteiger partial charge in [-0.3, -0.25) is 0 Å². The third-order valence-electron chi connectivity index (χ3n) is 3.26. The summed E-state index contributed by atoms with van der Waals surface area (Å²) in [5.41, 5.74) is 2.77. The Bertz CT molecular complexity index is 781. The number of aryl methyl sites for hydroxylation is 1. The van der Waals surface area contributed by atoms with E-state index in [1.54, 1.807) is 17.4 Å². The summed E-state index contributed by atoms with van der Waals surface area (Å²) < 4.78 is 16.1. The van der Waals surface area contributed by atoms with Crippen molar-refractivity contribution in [2.45, 2.75) is 19.3 Å². The summed E-state index contributed by atoms with van der Waals surface area (Å²) in [6, 6.07) is 5.29. The van der Waals surface area contributed by atoms with Gasteiger partial charge in [0.15, 0.2) is 0 Å². The molecule has 20 heavy (non-hydrogen) atoms. The lowest BCUT2D eigenvalue weighted by molar-refractivity contribution is 0.622. The topological polar surface area (TPSA) is 17.8 Å². The normalized spacial score (nSPS) is 11.4. The Balaban J connectivity index is 2.17. The van der Waals surface area contributed by atoms with Crippen molar-refractivity contribution in [3.63, 3.8) is 0 Å². The van der Waals surface area contributed by atoms with Crippen LogP contribution < -0.4 is 0 Å². The second kappa shape index (κ2) is 5.47. The molecule has 0 spiro atoms. The molecule has 2 heterocycles. The number of alkyl halides is 1. The Hall–Kier alpha value is -0.910. The van der Waals surface area contributed by atoms with Gasteiger partial charge in [0.05, 0.1) is 27.9 Å². The van der Waals surface area contributed by atoms with Gasteiger partial charge < -0.3 is 4.57 Å². The average Bonchev–Trinajstić information content (AvgIpc) is 2.96. The van der Waals surface area contributed by atoms with E-state index in [2.05, 4.69) is 39.3 Å². The lowest BCUT2D eigenvalue weighted by Gasteiger charge is -2.07. The molecule has 3 aromatic rings. The van der Waals surface area contributed by atoms with Crippen LogP contribution >= 0.6 is 38.9 Å². The molecule has 0 N–H and O–H groups in total. The van der Waals surface area contributed by atoms with E-state index in [0.29, 0.717) is 22.4 Å². The molecule has 0 aliphatic heterocycles. The number of hydrogen-bond donors (Lipinski definition) is 0. The molecule has 1 aromatic carbocycles. The lowest BCUT2D eigenvalue weighted by Crippen LogP contribution is -2.03. The first kappa shape index (κ1) is 14.0. The minimum Gasteiger partial charge on any atom is -0.322 e. The molecule has 0 radical (unpaired) electrons. The number of fused-ring (bicyclic) bond motifs is 1. The summed E-state index contributed by atoms with van der Waals surface area (Å²) >= 11 is 10.9. The van der Waals surface area contributed by atoms with Crippen molar-refractivity contribution < 1.29 is 4.39 Å². The molecule has 0 amide bonds.